The van der Waals surface area contributed by atoms with Gasteiger partial charge < -0.3 is 14.9 Å². The van der Waals surface area contributed by atoms with Crippen molar-refractivity contribution in [1.82, 2.24) is 30.4 Å². The molecule has 0 aliphatic heterocycles. The van der Waals surface area contributed by atoms with E-state index in [1.807, 2.05) is 141 Å². The number of nitrogens with zero attached hydrogens (tertiary/aromatic N) is 4. The molecule has 0 bridgehead atoms. The number of nitrogens with one attached hydrogen (secondary N) is 2. The van der Waals surface area contributed by atoms with Gasteiger partial charge >= 0.3 is 6.18 Å². The summed E-state index contributed by atoms with van der Waals surface area (Å²) < 4.78 is 94.7. The van der Waals surface area contributed by atoms with E-state index in [-0.39, 0.29) is 50.6 Å². The normalized spacial score (nSPS) is 11.6. The molecule has 4 heterocycles. The molecule has 0 saturated carbocycles. The van der Waals surface area contributed by atoms with Crippen LogP contribution in [0.5, 0.6) is 17.2 Å². The molecule has 0 spiro atoms. The number of hydrogen-bond acceptors (Lipinski definition) is 13. The van der Waals surface area contributed by atoms with E-state index in [2.05, 4.69) is 49.4 Å². The second-order valence-electron chi connectivity index (χ2n) is 26.3. The summed E-state index contributed by atoms with van der Waals surface area (Å²) in [5.74, 6) is 0.675. The number of halogens is 5. The zero-order valence-corrected chi connectivity index (χ0v) is 64.0. The zero-order valence-electron chi connectivity index (χ0n) is 60.9. The molecule has 4 aromatic heterocycles. The van der Waals surface area contributed by atoms with Crippen LogP contribution < -0.4 is 4.74 Å². The molecule has 4 N–H and O–H groups in total. The molecule has 14 aromatic rings. The number of ketones is 2. The molecule has 15 nitrogen and oxygen atoms in total. The number of unbranched alkanes of at least 4 members (excludes halogenated alkanes) is 1. The highest BCUT2D eigenvalue weighted by atomic mass is 35.5. The number of phenols is 2. The summed E-state index contributed by atoms with van der Waals surface area (Å²) in [5.41, 5.74) is 13.6. The van der Waals surface area contributed by atoms with Gasteiger partial charge in [0, 0.05) is 90.1 Å². The lowest BCUT2D eigenvalue weighted by atomic mass is 9.84. The number of ether oxygens (including phenoxy) is 1. The average Bonchev–Trinajstić information content (AvgIpc) is 1.55. The van der Waals surface area contributed by atoms with E-state index < -0.39 is 31.4 Å². The Morgan fingerprint density at radius 2 is 0.955 bits per heavy atom. The third kappa shape index (κ3) is 20.6. The van der Waals surface area contributed by atoms with Gasteiger partial charge in [0.25, 0.3) is 0 Å². The van der Waals surface area contributed by atoms with Crippen molar-refractivity contribution >= 4 is 65.2 Å². The molecular formula is C89H77Cl2F3N6O9S2. The van der Waals surface area contributed by atoms with Crippen molar-refractivity contribution in [2.24, 2.45) is 0 Å². The lowest BCUT2D eigenvalue weighted by Gasteiger charge is -2.18. The van der Waals surface area contributed by atoms with E-state index in [9.17, 15) is 49.8 Å². The number of phenolic OH excluding ortho intramolecular Hbond substituents is 2. The number of sulfone groups is 2. The molecule has 0 atom stereocenters. The number of carbonyl (C=O) groups excluding carboxylic acids is 2. The number of fused-ring (bicyclic) bond motifs is 3. The summed E-state index contributed by atoms with van der Waals surface area (Å²) >= 11 is 12.3. The molecule has 1 aliphatic rings. The number of aromatic nitrogens is 6. The molecule has 0 amide bonds. The summed E-state index contributed by atoms with van der Waals surface area (Å²) in [4.78, 5) is 33.7. The molecular weight excluding hydrogens is 1490 g/mol. The zero-order chi connectivity index (χ0) is 78.8. The topological polar surface area (TPSA) is 235 Å². The number of H-pyrrole nitrogens is 2. The number of aryl methyl sites for hydroxylation is 7. The van der Waals surface area contributed by atoms with E-state index in [4.69, 9.17) is 27.9 Å². The first-order valence-corrected chi connectivity index (χ1v) is 39.4. The van der Waals surface area contributed by atoms with Gasteiger partial charge in [-0.25, -0.2) is 16.8 Å². The third-order valence-electron chi connectivity index (χ3n) is 18.3. The maximum absolute atomic E-state index is 12.9. The number of carbonyl (C=O) groups is 2. The van der Waals surface area contributed by atoms with Crippen LogP contribution in [0.25, 0.3) is 55.8 Å². The van der Waals surface area contributed by atoms with Crippen molar-refractivity contribution in [3.63, 3.8) is 0 Å². The predicted molar refractivity (Wildman–Crippen MR) is 431 cm³/mol. The smallest absolute Gasteiger partial charge is 0.416 e. The number of hydrogen-bond donors (Lipinski definition) is 4. The predicted octanol–water partition coefficient (Wildman–Crippen LogP) is 20.5. The van der Waals surface area contributed by atoms with Crippen LogP contribution in [-0.2, 0) is 51.5 Å². The molecule has 10 aromatic carbocycles. The maximum atomic E-state index is 12.9. The Morgan fingerprint density at radius 3 is 1.57 bits per heavy atom. The second kappa shape index (κ2) is 36.6. The van der Waals surface area contributed by atoms with Crippen LogP contribution in [-0.4, -0.2) is 87.6 Å². The highest BCUT2D eigenvalue weighted by Crippen LogP contribution is 2.37. The lowest BCUT2D eigenvalue weighted by Crippen LogP contribution is -2.21. The van der Waals surface area contributed by atoms with Crippen molar-refractivity contribution < 1.29 is 54.5 Å². The molecule has 0 unspecified atom stereocenters. The van der Waals surface area contributed by atoms with E-state index in [0.717, 1.165) is 91.6 Å². The van der Waals surface area contributed by atoms with Crippen LogP contribution in [0.1, 0.15) is 89.2 Å². The van der Waals surface area contributed by atoms with Crippen LogP contribution in [0.15, 0.2) is 283 Å². The molecule has 22 heteroatoms. The first kappa shape index (κ1) is 80.2. The highest BCUT2D eigenvalue weighted by Gasteiger charge is 2.33. The molecule has 1 aliphatic carbocycles. The fourth-order valence-corrected chi connectivity index (χ4v) is 15.9. The minimum Gasteiger partial charge on any atom is -0.507 e. The van der Waals surface area contributed by atoms with Crippen molar-refractivity contribution in [2.45, 2.75) is 75.3 Å². The van der Waals surface area contributed by atoms with Gasteiger partial charge in [-0.05, 0) is 196 Å². The van der Waals surface area contributed by atoms with Gasteiger partial charge in [0.05, 0.1) is 56.7 Å². The van der Waals surface area contributed by atoms with Crippen molar-refractivity contribution in [2.75, 3.05) is 18.6 Å². The summed E-state index contributed by atoms with van der Waals surface area (Å²) in [6.45, 7) is 5.95. The van der Waals surface area contributed by atoms with Crippen molar-refractivity contribution in [3.05, 3.63) is 350 Å². The summed E-state index contributed by atoms with van der Waals surface area (Å²) in [5, 5.41) is 37.2. The number of benzene rings is 10. The molecule has 0 fully saturated rings. The van der Waals surface area contributed by atoms with Crippen LogP contribution >= 0.6 is 23.2 Å². The Morgan fingerprint density at radius 1 is 0.441 bits per heavy atom. The third-order valence-corrected chi connectivity index (χ3v) is 22.5. The Kier molecular flexibility index (Phi) is 26.4. The Balaban J connectivity index is 0.000000138. The second-order valence-corrected chi connectivity index (χ2v) is 31.3. The fourth-order valence-electron chi connectivity index (χ4n) is 12.6. The standard InChI is InChI=1S/C21H15NO4S.C18H19F3O.C17H14ClNO2S.C17H16N2O.C16H13ClN2O/c23-20-16-5-1-2-6-17(16)21(24)19-12-15(7-8-18(19)20)27(25,26)11-9-14-4-3-10-22-13-14;1-22-17-13-7-5-11-15(17)10-3-2-8-14-9-4-6-12-16(14)18(19,20)21;18-16-7-8-17(15-6-2-1-5-14(15)16)22(20,21)11-9-13-4-3-10-19-12-13;1-11-4-3-5-13(8-11)15-10-16(19-18-15)14-7-6-12(2)9-17(14)20;1-10-6-7-12(16(20)8-10)15-9-14(18-19-15)11-4-2-3-5-13(11)17/h1-8,10,12-13H,9,11H2;4-7,9,11-13H,2-3,8,10H2,1H3;1-8,10,12H,9,11H2;3-10,20H,1-2H3,(H,18,19);2-9,20H,1H3,(H,18,19). The Bertz CT molecular complexity index is 5860. The Hall–Kier alpha value is -11.8. The largest absolute Gasteiger partial charge is 0.507 e. The molecule has 0 radical (unpaired) electrons. The number of aromatic hydroxyl groups is 2. The van der Waals surface area contributed by atoms with Gasteiger partial charge in [0.2, 0.25) is 0 Å². The first-order chi connectivity index (χ1) is 53.3. The maximum Gasteiger partial charge on any atom is 0.416 e. The lowest BCUT2D eigenvalue weighted by molar-refractivity contribution is -0.138. The van der Waals surface area contributed by atoms with E-state index in [0.29, 0.717) is 74.0 Å². The quantitative estimate of drug-likeness (QED) is 0.0586. The van der Waals surface area contributed by atoms with Gasteiger partial charge in [-0.15, -0.1) is 0 Å². The van der Waals surface area contributed by atoms with E-state index in [1.165, 1.54) is 29.8 Å². The monoisotopic (exact) mass is 1560 g/mol. The van der Waals surface area contributed by atoms with Gasteiger partial charge in [-0.3, -0.25) is 29.8 Å². The summed E-state index contributed by atoms with van der Waals surface area (Å²) in [6, 6.07) is 72.8. The number of pyridine rings is 2. The van der Waals surface area contributed by atoms with Gasteiger partial charge in [0.1, 0.15) is 17.2 Å². The minimum atomic E-state index is -4.28. The first-order valence-electron chi connectivity index (χ1n) is 35.4. The number of alkyl halides is 3. The van der Waals surface area contributed by atoms with Gasteiger partial charge in [-0.1, -0.05) is 174 Å². The van der Waals surface area contributed by atoms with Gasteiger partial charge in [0.15, 0.2) is 31.2 Å². The summed E-state index contributed by atoms with van der Waals surface area (Å²) in [7, 11) is -5.37. The van der Waals surface area contributed by atoms with Crippen LogP contribution in [0.2, 0.25) is 10.0 Å². The molecule has 15 rings (SSSR count). The molecule has 564 valence electrons. The Labute approximate surface area is 652 Å². The van der Waals surface area contributed by atoms with E-state index >= 15 is 0 Å². The molecule has 0 saturated heterocycles. The van der Waals surface area contributed by atoms with Crippen LogP contribution in [0.3, 0.4) is 0 Å². The number of para-hydroxylation sites is 1. The average molecular weight is 1570 g/mol. The number of methoxy groups -OCH3 is 1. The SMILES string of the molecule is COc1ccccc1CCCCc1ccccc1C(F)(F)F.Cc1ccc(-c2cc(-c3ccccc3Cl)[nH]n2)c(O)c1.Cc1cccc(-c2cc(-c3ccc(C)cc3O)[nH]n2)c1.O=C1c2ccccc2C(=O)c2cc(S(=O)(=O)CCc3cccnc3)ccc21.O=S(=O)(CCc1cccnc1)c1ccc(Cl)c2ccccc12. The van der Waals surface area contributed by atoms with E-state index in [1.54, 1.807) is 111 Å². The number of rotatable bonds is 18. The van der Waals surface area contributed by atoms with Crippen molar-refractivity contribution in [1.29, 1.82) is 0 Å². The minimum absolute atomic E-state index is 0.0460. The fraction of sp³-hybridized carbons (Fsp3) is 0.146. The van der Waals surface area contributed by atoms with Crippen LogP contribution in [0, 0.1) is 20.8 Å². The van der Waals surface area contributed by atoms with Crippen LogP contribution in [0.4, 0.5) is 13.2 Å². The summed E-state index contributed by atoms with van der Waals surface area (Å²) in [6.07, 6.45) is 5.87. The van der Waals surface area contributed by atoms with Gasteiger partial charge in [-0.2, -0.15) is 23.4 Å². The number of aromatic amines is 2. The highest BCUT2D eigenvalue weighted by molar-refractivity contribution is 7.91. The van der Waals surface area contributed by atoms with Crippen molar-refractivity contribution in [3.8, 4) is 62.3 Å². The molecule has 111 heavy (non-hydrogen) atoms.